The Balaban J connectivity index is 2.66. The minimum absolute atomic E-state index is 0.212. The van der Waals surface area contributed by atoms with E-state index >= 15 is 0 Å². The van der Waals surface area contributed by atoms with Gasteiger partial charge in [0.15, 0.2) is 0 Å². The highest BCUT2D eigenvalue weighted by Crippen LogP contribution is 2.29. The maximum Gasteiger partial charge on any atom is 0.321 e. The van der Waals surface area contributed by atoms with Crippen molar-refractivity contribution in [3.8, 4) is 0 Å². The number of rotatable bonds is 7. The molecule has 8 heteroatoms. The van der Waals surface area contributed by atoms with Gasteiger partial charge in [-0.15, -0.1) is 0 Å². The molecule has 20 heavy (non-hydrogen) atoms. The number of halogens is 2. The fraction of sp³-hybridized carbons (Fsp3) is 0.333. The molecule has 0 saturated carbocycles. The van der Waals surface area contributed by atoms with Crippen molar-refractivity contribution in [3.63, 3.8) is 0 Å². The zero-order valence-corrected chi connectivity index (χ0v) is 12.0. The van der Waals surface area contributed by atoms with E-state index in [9.17, 15) is 9.59 Å². The van der Waals surface area contributed by atoms with E-state index in [0.29, 0.717) is 17.3 Å². The van der Waals surface area contributed by atoms with Crippen LogP contribution in [0, 0.1) is 0 Å². The standard InChI is InChI=1S/C12H15Cl2N3O3/c13-7-2-1-3-8(11(7)14)17-10(18)6-9(12(19)20)16-5-4-15/h1-3,9,16H,4-6,15H2,(H,17,18)(H,19,20)/t9-/m0/s1. The van der Waals surface area contributed by atoms with Gasteiger partial charge in [-0.2, -0.15) is 0 Å². The smallest absolute Gasteiger partial charge is 0.321 e. The van der Waals surface area contributed by atoms with Crippen molar-refractivity contribution in [2.24, 2.45) is 5.73 Å². The maximum atomic E-state index is 11.8. The van der Waals surface area contributed by atoms with E-state index < -0.39 is 17.9 Å². The first-order chi connectivity index (χ1) is 9.45. The average molecular weight is 320 g/mol. The Morgan fingerprint density at radius 2 is 2.05 bits per heavy atom. The van der Waals surface area contributed by atoms with Crippen LogP contribution in [0.3, 0.4) is 0 Å². The molecule has 0 spiro atoms. The number of anilines is 1. The predicted molar refractivity (Wildman–Crippen MR) is 78.2 cm³/mol. The third-order valence-electron chi connectivity index (χ3n) is 2.45. The van der Waals surface area contributed by atoms with Crippen LogP contribution in [0.1, 0.15) is 6.42 Å². The number of carboxylic acid groups (broad SMARTS) is 1. The lowest BCUT2D eigenvalue weighted by atomic mass is 10.2. The number of hydrogen-bond acceptors (Lipinski definition) is 4. The lowest BCUT2D eigenvalue weighted by Gasteiger charge is -2.14. The zero-order valence-electron chi connectivity index (χ0n) is 10.5. The summed E-state index contributed by atoms with van der Waals surface area (Å²) in [6.07, 6.45) is -0.238. The van der Waals surface area contributed by atoms with Gasteiger partial charge >= 0.3 is 5.97 Å². The number of carboxylic acids is 1. The number of nitrogens with two attached hydrogens (primary N) is 1. The second-order valence-electron chi connectivity index (χ2n) is 3.99. The largest absolute Gasteiger partial charge is 0.480 e. The SMILES string of the molecule is NCCN[C@@H](CC(=O)Nc1cccc(Cl)c1Cl)C(=O)O. The molecule has 1 aromatic rings. The van der Waals surface area contributed by atoms with E-state index in [0.717, 1.165) is 0 Å². The molecular formula is C12H15Cl2N3O3. The van der Waals surface area contributed by atoms with Crippen LogP contribution in [-0.2, 0) is 9.59 Å². The van der Waals surface area contributed by atoms with Crippen molar-refractivity contribution in [1.29, 1.82) is 0 Å². The molecule has 5 N–H and O–H groups in total. The Morgan fingerprint density at radius 1 is 1.35 bits per heavy atom. The van der Waals surface area contributed by atoms with Gasteiger partial charge in [0.05, 0.1) is 22.2 Å². The molecule has 0 aromatic heterocycles. The lowest BCUT2D eigenvalue weighted by molar-refractivity contribution is -0.141. The van der Waals surface area contributed by atoms with Crippen LogP contribution >= 0.6 is 23.2 Å². The Morgan fingerprint density at radius 3 is 2.65 bits per heavy atom. The van der Waals surface area contributed by atoms with Gasteiger partial charge in [0.2, 0.25) is 5.91 Å². The quantitative estimate of drug-likeness (QED) is 0.606. The minimum atomic E-state index is -1.12. The van der Waals surface area contributed by atoms with Gasteiger partial charge in [-0.05, 0) is 12.1 Å². The Labute approximate surface area is 126 Å². The second-order valence-corrected chi connectivity index (χ2v) is 4.77. The van der Waals surface area contributed by atoms with Crippen LogP contribution in [-0.4, -0.2) is 36.1 Å². The Kier molecular flexibility index (Phi) is 6.74. The summed E-state index contributed by atoms with van der Waals surface area (Å²) < 4.78 is 0. The summed E-state index contributed by atoms with van der Waals surface area (Å²) in [6.45, 7) is 0.591. The maximum absolute atomic E-state index is 11.8. The molecule has 0 aliphatic rings. The number of carbonyl (C=O) groups excluding carboxylic acids is 1. The molecule has 0 bridgehead atoms. The molecule has 0 saturated heterocycles. The first-order valence-corrected chi connectivity index (χ1v) is 6.61. The molecule has 1 rings (SSSR count). The van der Waals surface area contributed by atoms with Crippen molar-refractivity contribution in [1.82, 2.24) is 5.32 Å². The highest BCUT2D eigenvalue weighted by Gasteiger charge is 2.20. The third-order valence-corrected chi connectivity index (χ3v) is 3.27. The van der Waals surface area contributed by atoms with Crippen molar-refractivity contribution < 1.29 is 14.7 Å². The van der Waals surface area contributed by atoms with Gasteiger partial charge in [-0.1, -0.05) is 29.3 Å². The van der Waals surface area contributed by atoms with Gasteiger partial charge in [0.1, 0.15) is 6.04 Å². The van der Waals surface area contributed by atoms with Gasteiger partial charge in [-0.25, -0.2) is 0 Å². The number of aliphatic carboxylic acids is 1. The van der Waals surface area contributed by atoms with Crippen LogP contribution in [0.5, 0.6) is 0 Å². The van der Waals surface area contributed by atoms with Crippen molar-refractivity contribution >= 4 is 40.8 Å². The van der Waals surface area contributed by atoms with Crippen LogP contribution in [0.25, 0.3) is 0 Å². The molecule has 1 amide bonds. The second kappa shape index (κ2) is 8.06. The first kappa shape index (κ1) is 16.7. The van der Waals surface area contributed by atoms with Gasteiger partial charge in [-0.3, -0.25) is 9.59 Å². The van der Waals surface area contributed by atoms with Gasteiger partial charge < -0.3 is 21.5 Å². The summed E-state index contributed by atoms with van der Waals surface area (Å²) in [4.78, 5) is 22.8. The number of hydrogen-bond donors (Lipinski definition) is 4. The van der Waals surface area contributed by atoms with Crippen molar-refractivity contribution in [2.45, 2.75) is 12.5 Å². The molecule has 110 valence electrons. The summed E-state index contributed by atoms with van der Waals surface area (Å²) in [6, 6.07) is 3.79. The highest BCUT2D eigenvalue weighted by molar-refractivity contribution is 6.43. The van der Waals surface area contributed by atoms with Crippen molar-refractivity contribution in [3.05, 3.63) is 28.2 Å². The molecular weight excluding hydrogens is 305 g/mol. The van der Waals surface area contributed by atoms with E-state index in [4.69, 9.17) is 34.0 Å². The number of nitrogens with one attached hydrogen (secondary N) is 2. The lowest BCUT2D eigenvalue weighted by Crippen LogP contribution is -2.41. The number of amides is 1. The number of benzene rings is 1. The molecule has 1 aromatic carbocycles. The predicted octanol–water partition coefficient (Wildman–Crippen LogP) is 1.32. The average Bonchev–Trinajstić information content (AvgIpc) is 2.39. The van der Waals surface area contributed by atoms with E-state index in [1.165, 1.54) is 0 Å². The van der Waals surface area contributed by atoms with Gasteiger partial charge in [0.25, 0.3) is 0 Å². The molecule has 0 radical (unpaired) electrons. The molecule has 0 aliphatic carbocycles. The molecule has 1 atom stereocenters. The summed E-state index contributed by atoms with van der Waals surface area (Å²) in [5, 5.41) is 14.7. The summed E-state index contributed by atoms with van der Waals surface area (Å²) in [5.74, 6) is -1.60. The van der Waals surface area contributed by atoms with Crippen LogP contribution in [0.2, 0.25) is 10.0 Å². The first-order valence-electron chi connectivity index (χ1n) is 5.85. The number of carbonyl (C=O) groups is 2. The fourth-order valence-corrected chi connectivity index (χ4v) is 1.84. The topological polar surface area (TPSA) is 104 Å². The van der Waals surface area contributed by atoms with E-state index in [-0.39, 0.29) is 18.0 Å². The van der Waals surface area contributed by atoms with E-state index in [1.807, 2.05) is 0 Å². The van der Waals surface area contributed by atoms with Crippen LogP contribution in [0.4, 0.5) is 5.69 Å². The third kappa shape index (κ3) is 4.97. The molecule has 0 aliphatic heterocycles. The fourth-order valence-electron chi connectivity index (χ4n) is 1.49. The minimum Gasteiger partial charge on any atom is -0.480 e. The molecule has 0 unspecified atom stereocenters. The zero-order chi connectivity index (χ0) is 15.1. The van der Waals surface area contributed by atoms with Gasteiger partial charge in [0, 0.05) is 13.1 Å². The van der Waals surface area contributed by atoms with Crippen molar-refractivity contribution in [2.75, 3.05) is 18.4 Å². The summed E-state index contributed by atoms with van der Waals surface area (Å²) in [7, 11) is 0. The Bertz CT molecular complexity index is 497. The van der Waals surface area contributed by atoms with Crippen LogP contribution < -0.4 is 16.4 Å². The molecule has 0 fully saturated rings. The Hall–Kier alpha value is -1.34. The summed E-state index contributed by atoms with van der Waals surface area (Å²) in [5.41, 5.74) is 5.62. The van der Waals surface area contributed by atoms with E-state index in [1.54, 1.807) is 18.2 Å². The van der Waals surface area contributed by atoms with E-state index in [2.05, 4.69) is 10.6 Å². The monoisotopic (exact) mass is 319 g/mol. The highest BCUT2D eigenvalue weighted by atomic mass is 35.5. The molecule has 6 nitrogen and oxygen atoms in total. The summed E-state index contributed by atoms with van der Waals surface area (Å²) >= 11 is 11.7. The van der Waals surface area contributed by atoms with Crippen LogP contribution in [0.15, 0.2) is 18.2 Å². The molecule has 0 heterocycles. The normalized spacial score (nSPS) is 11.9.